The summed E-state index contributed by atoms with van der Waals surface area (Å²) in [5.41, 5.74) is 4.71. The number of halogens is 1. The van der Waals surface area contributed by atoms with Gasteiger partial charge in [-0.1, -0.05) is 29.8 Å². The molecule has 2 heteroatoms. The molecule has 0 amide bonds. The van der Waals surface area contributed by atoms with Crippen molar-refractivity contribution < 1.29 is 0 Å². The van der Waals surface area contributed by atoms with Gasteiger partial charge in [-0.2, -0.15) is 0 Å². The van der Waals surface area contributed by atoms with Crippen LogP contribution in [0.5, 0.6) is 0 Å². The highest BCUT2D eigenvalue weighted by Gasteiger charge is 2.33. The van der Waals surface area contributed by atoms with Gasteiger partial charge < -0.3 is 0 Å². The smallest absolute Gasteiger partial charge is 0.0210 e. The van der Waals surface area contributed by atoms with Crippen molar-refractivity contribution in [2.24, 2.45) is 0 Å². The molecule has 0 saturated carbocycles. The summed E-state index contributed by atoms with van der Waals surface area (Å²) in [5, 5.41) is 0. The van der Waals surface area contributed by atoms with Gasteiger partial charge in [0.25, 0.3) is 0 Å². The predicted octanol–water partition coefficient (Wildman–Crippen LogP) is 4.45. The Hall–Kier alpha value is 0.0500. The fraction of sp³-hybridized carbons (Fsp3) is 0.500. The average molecular weight is 271 g/mol. The maximum Gasteiger partial charge on any atom is 0.0210 e. The van der Waals surface area contributed by atoms with Crippen molar-refractivity contribution in [3.8, 4) is 0 Å². The molecule has 0 unspecified atom stereocenters. The van der Waals surface area contributed by atoms with Crippen LogP contribution in [-0.4, -0.2) is 5.75 Å². The van der Waals surface area contributed by atoms with E-state index in [1.54, 1.807) is 5.56 Å². The van der Waals surface area contributed by atoms with Gasteiger partial charge in [-0.15, -0.1) is 11.8 Å². The van der Waals surface area contributed by atoms with Crippen molar-refractivity contribution in [2.75, 3.05) is 5.75 Å². The van der Waals surface area contributed by atoms with Gasteiger partial charge >= 0.3 is 0 Å². The first kappa shape index (κ1) is 10.6. The first-order valence-corrected chi connectivity index (χ1v) is 6.64. The number of aryl methyl sites for hydroxylation is 1. The van der Waals surface area contributed by atoms with E-state index in [4.69, 9.17) is 0 Å². The first-order chi connectivity index (χ1) is 6.43. The van der Waals surface area contributed by atoms with Crippen LogP contribution in [0.25, 0.3) is 0 Å². The monoisotopic (exact) mass is 270 g/mol. The largest absolute Gasteiger partial charge is 0.125 e. The fourth-order valence-electron chi connectivity index (χ4n) is 2.18. The highest BCUT2D eigenvalue weighted by molar-refractivity contribution is 9.10. The van der Waals surface area contributed by atoms with Crippen LogP contribution in [0.3, 0.4) is 0 Å². The van der Waals surface area contributed by atoms with Gasteiger partial charge in [0.2, 0.25) is 0 Å². The number of hydrogen-bond donors (Lipinski definition) is 0. The third kappa shape index (κ3) is 1.43. The SMILES string of the molecule is Cc1cc(Br)c(C)c2c1SCC2(C)C. The number of thioether (sulfide) groups is 1. The minimum atomic E-state index is 0.332. The molecule has 0 aliphatic carbocycles. The second-order valence-corrected chi connectivity index (χ2v) is 6.52. The molecular weight excluding hydrogens is 256 g/mol. The quantitative estimate of drug-likeness (QED) is 0.671. The molecule has 0 atom stereocenters. The first-order valence-electron chi connectivity index (χ1n) is 4.86. The van der Waals surface area contributed by atoms with Crippen LogP contribution in [0.1, 0.15) is 30.5 Å². The lowest BCUT2D eigenvalue weighted by molar-refractivity contribution is 0.599. The maximum absolute atomic E-state index is 3.64. The van der Waals surface area contributed by atoms with E-state index in [-0.39, 0.29) is 0 Å². The average Bonchev–Trinajstić information content (AvgIpc) is 2.38. The Bertz CT molecular complexity index is 394. The molecular formula is C12H15BrS. The van der Waals surface area contributed by atoms with Crippen LogP contribution < -0.4 is 0 Å². The van der Waals surface area contributed by atoms with Crippen LogP contribution in [0, 0.1) is 13.8 Å². The summed E-state index contributed by atoms with van der Waals surface area (Å²) in [4.78, 5) is 1.51. The second-order valence-electron chi connectivity index (χ2n) is 4.68. The normalized spacial score (nSPS) is 18.4. The van der Waals surface area contributed by atoms with Crippen molar-refractivity contribution in [3.63, 3.8) is 0 Å². The van der Waals surface area contributed by atoms with Gasteiger partial charge in [0.1, 0.15) is 0 Å². The molecule has 0 radical (unpaired) electrons. The summed E-state index contributed by atoms with van der Waals surface area (Å²) in [6, 6.07) is 2.24. The molecule has 0 fully saturated rings. The van der Waals surface area contributed by atoms with Crippen molar-refractivity contribution in [3.05, 3.63) is 27.2 Å². The number of fused-ring (bicyclic) bond motifs is 1. The van der Waals surface area contributed by atoms with E-state index in [9.17, 15) is 0 Å². The van der Waals surface area contributed by atoms with E-state index in [0.29, 0.717) is 5.41 Å². The molecule has 1 heterocycles. The Morgan fingerprint density at radius 3 is 2.64 bits per heavy atom. The van der Waals surface area contributed by atoms with Gasteiger partial charge in [0.05, 0.1) is 0 Å². The number of rotatable bonds is 0. The second kappa shape index (κ2) is 3.28. The molecule has 14 heavy (non-hydrogen) atoms. The summed E-state index contributed by atoms with van der Waals surface area (Å²) < 4.78 is 1.25. The molecule has 76 valence electrons. The molecule has 0 bridgehead atoms. The molecule has 0 N–H and O–H groups in total. The minimum absolute atomic E-state index is 0.332. The topological polar surface area (TPSA) is 0 Å². The summed E-state index contributed by atoms with van der Waals surface area (Å²) in [6.07, 6.45) is 0. The van der Waals surface area contributed by atoms with Crippen molar-refractivity contribution in [1.82, 2.24) is 0 Å². The zero-order chi connectivity index (χ0) is 10.5. The third-order valence-electron chi connectivity index (χ3n) is 2.92. The van der Waals surface area contributed by atoms with E-state index >= 15 is 0 Å². The van der Waals surface area contributed by atoms with Gasteiger partial charge in [-0.05, 0) is 36.6 Å². The van der Waals surface area contributed by atoms with Crippen LogP contribution >= 0.6 is 27.7 Å². The van der Waals surface area contributed by atoms with Gasteiger partial charge in [0, 0.05) is 20.5 Å². The Labute approximate surface area is 98.6 Å². The molecule has 0 aromatic heterocycles. The summed E-state index contributed by atoms with van der Waals surface area (Å²) in [6.45, 7) is 9.10. The molecule has 1 aliphatic heterocycles. The third-order valence-corrected chi connectivity index (χ3v) is 5.42. The molecule has 0 saturated heterocycles. The lowest BCUT2D eigenvalue weighted by atomic mass is 9.83. The molecule has 0 nitrogen and oxygen atoms in total. The molecule has 2 rings (SSSR count). The van der Waals surface area contributed by atoms with E-state index in [2.05, 4.69) is 49.7 Å². The summed E-state index contributed by atoms with van der Waals surface area (Å²) >= 11 is 5.65. The summed E-state index contributed by atoms with van der Waals surface area (Å²) in [5.74, 6) is 1.21. The van der Waals surface area contributed by atoms with Crippen LogP contribution in [0.15, 0.2) is 15.4 Å². The standard InChI is InChI=1S/C12H15BrS/c1-7-5-9(13)8(2)10-11(7)14-6-12(10,3)4/h5H,6H2,1-4H3. The Morgan fingerprint density at radius 2 is 2.00 bits per heavy atom. The van der Waals surface area contributed by atoms with Crippen LogP contribution in [0.4, 0.5) is 0 Å². The van der Waals surface area contributed by atoms with Crippen LogP contribution in [-0.2, 0) is 5.41 Å². The van der Waals surface area contributed by atoms with E-state index in [1.807, 2.05) is 11.8 Å². The Kier molecular flexibility index (Phi) is 2.47. The van der Waals surface area contributed by atoms with E-state index in [0.717, 1.165) is 0 Å². The van der Waals surface area contributed by atoms with Gasteiger partial charge in [-0.3, -0.25) is 0 Å². The summed E-state index contributed by atoms with van der Waals surface area (Å²) in [7, 11) is 0. The number of benzene rings is 1. The molecule has 1 aromatic carbocycles. The zero-order valence-corrected chi connectivity index (χ0v) is 11.5. The number of hydrogen-bond acceptors (Lipinski definition) is 1. The Morgan fingerprint density at radius 1 is 1.36 bits per heavy atom. The molecule has 0 spiro atoms. The van der Waals surface area contributed by atoms with Gasteiger partial charge in [-0.25, -0.2) is 0 Å². The lowest BCUT2D eigenvalue weighted by Crippen LogP contribution is -2.17. The fourth-order valence-corrected chi connectivity index (χ4v) is 4.23. The lowest BCUT2D eigenvalue weighted by Gasteiger charge is -2.21. The van der Waals surface area contributed by atoms with Crippen molar-refractivity contribution in [2.45, 2.75) is 38.0 Å². The zero-order valence-electron chi connectivity index (χ0n) is 9.07. The predicted molar refractivity (Wildman–Crippen MR) is 67.4 cm³/mol. The molecule has 1 aliphatic rings. The molecule has 1 aromatic rings. The van der Waals surface area contributed by atoms with Gasteiger partial charge in [0.15, 0.2) is 0 Å². The minimum Gasteiger partial charge on any atom is -0.125 e. The van der Waals surface area contributed by atoms with Crippen molar-refractivity contribution >= 4 is 27.7 Å². The highest BCUT2D eigenvalue weighted by atomic mass is 79.9. The van der Waals surface area contributed by atoms with Crippen molar-refractivity contribution in [1.29, 1.82) is 0 Å². The van der Waals surface area contributed by atoms with E-state index < -0.39 is 0 Å². The maximum atomic E-state index is 3.64. The van der Waals surface area contributed by atoms with Crippen LogP contribution in [0.2, 0.25) is 0 Å². The van der Waals surface area contributed by atoms with E-state index in [1.165, 1.54) is 26.2 Å². The Balaban J connectivity index is 2.75. The highest BCUT2D eigenvalue weighted by Crippen LogP contribution is 2.48.